The lowest BCUT2D eigenvalue weighted by molar-refractivity contribution is 0.631. The summed E-state index contributed by atoms with van der Waals surface area (Å²) >= 11 is 3.38. The molecule has 0 aliphatic heterocycles. The number of anilines is 2. The zero-order valence-electron chi connectivity index (χ0n) is 9.59. The maximum atomic E-state index is 13.6. The molecule has 0 saturated carbocycles. The molecule has 4 heteroatoms. The first kappa shape index (κ1) is 12.0. The molecule has 1 N–H and O–H groups in total. The summed E-state index contributed by atoms with van der Waals surface area (Å²) in [5.41, 5.74) is 2.19. The summed E-state index contributed by atoms with van der Waals surface area (Å²) in [6.07, 6.45) is 0. The predicted molar refractivity (Wildman–Crippen MR) is 71.1 cm³/mol. The van der Waals surface area contributed by atoms with Crippen LogP contribution in [0.5, 0.6) is 0 Å². The summed E-state index contributed by atoms with van der Waals surface area (Å²) in [6, 6.07) is 8.68. The maximum Gasteiger partial charge on any atom is 0.146 e. The summed E-state index contributed by atoms with van der Waals surface area (Å²) in [5, 5.41) is 3.00. The van der Waals surface area contributed by atoms with Crippen molar-refractivity contribution in [2.24, 2.45) is 0 Å². The van der Waals surface area contributed by atoms with Crippen LogP contribution in [0.15, 0.2) is 34.8 Å². The van der Waals surface area contributed by atoms with Crippen LogP contribution in [0.25, 0.3) is 0 Å². The Kier molecular flexibility index (Phi) is 3.43. The van der Waals surface area contributed by atoms with E-state index in [0.29, 0.717) is 11.5 Å². The highest BCUT2D eigenvalue weighted by Crippen LogP contribution is 2.24. The van der Waals surface area contributed by atoms with E-state index in [1.807, 2.05) is 32.0 Å². The van der Waals surface area contributed by atoms with Gasteiger partial charge in [0.25, 0.3) is 0 Å². The Labute approximate surface area is 108 Å². The number of aromatic nitrogens is 1. The van der Waals surface area contributed by atoms with Crippen molar-refractivity contribution in [2.45, 2.75) is 13.8 Å². The molecule has 0 fully saturated rings. The molecule has 1 aromatic heterocycles. The smallest absolute Gasteiger partial charge is 0.146 e. The molecule has 0 unspecified atom stereocenters. The molecule has 0 spiro atoms. The first-order valence-corrected chi connectivity index (χ1v) is 6.02. The Balaban J connectivity index is 2.35. The molecule has 1 heterocycles. The van der Waals surface area contributed by atoms with Crippen molar-refractivity contribution in [2.75, 3.05) is 5.32 Å². The zero-order valence-corrected chi connectivity index (χ0v) is 11.2. The molecule has 2 rings (SSSR count). The predicted octanol–water partition coefficient (Wildman–Crippen LogP) is 4.34. The Bertz CT molecular complexity index is 535. The number of pyridine rings is 1. The number of rotatable bonds is 2. The van der Waals surface area contributed by atoms with Crippen LogP contribution in [-0.2, 0) is 0 Å². The van der Waals surface area contributed by atoms with Gasteiger partial charge in [0.05, 0.1) is 11.4 Å². The second-order valence-electron chi connectivity index (χ2n) is 3.82. The van der Waals surface area contributed by atoms with Crippen LogP contribution in [0, 0.1) is 19.7 Å². The highest BCUT2D eigenvalue weighted by molar-refractivity contribution is 9.10. The van der Waals surface area contributed by atoms with Crippen molar-refractivity contribution in [1.29, 1.82) is 0 Å². The molecule has 1 aromatic carbocycles. The van der Waals surface area contributed by atoms with E-state index >= 15 is 0 Å². The quantitative estimate of drug-likeness (QED) is 0.891. The van der Waals surface area contributed by atoms with Gasteiger partial charge in [-0.05, 0) is 53.5 Å². The van der Waals surface area contributed by atoms with Crippen molar-refractivity contribution in [3.8, 4) is 0 Å². The summed E-state index contributed by atoms with van der Waals surface area (Å²) in [6.45, 7) is 3.75. The van der Waals surface area contributed by atoms with Gasteiger partial charge in [0.15, 0.2) is 0 Å². The lowest BCUT2D eigenvalue weighted by Crippen LogP contribution is -1.99. The number of nitrogens with zero attached hydrogens (tertiary/aromatic N) is 1. The third-order valence-corrected chi connectivity index (χ3v) is 3.33. The van der Waals surface area contributed by atoms with Gasteiger partial charge in [-0.15, -0.1) is 0 Å². The zero-order chi connectivity index (χ0) is 12.4. The molecular formula is C13H12BrFN2. The Morgan fingerprint density at radius 2 is 1.94 bits per heavy atom. The molecule has 0 bridgehead atoms. The summed E-state index contributed by atoms with van der Waals surface area (Å²) in [7, 11) is 0. The molecule has 17 heavy (non-hydrogen) atoms. The SMILES string of the molecule is Cc1cccc(F)c1Nc1ccc(Br)c(C)n1. The minimum atomic E-state index is -0.271. The standard InChI is InChI=1S/C13H12BrFN2/c1-8-4-3-5-11(15)13(8)17-12-7-6-10(14)9(2)16-12/h3-7H,1-2H3,(H,16,17). The molecule has 2 aromatic rings. The minimum Gasteiger partial charge on any atom is -0.338 e. The third kappa shape index (κ3) is 2.64. The number of hydrogen-bond acceptors (Lipinski definition) is 2. The topological polar surface area (TPSA) is 24.9 Å². The fourth-order valence-electron chi connectivity index (χ4n) is 1.53. The van der Waals surface area contributed by atoms with E-state index in [1.54, 1.807) is 6.07 Å². The first-order chi connectivity index (χ1) is 8.08. The largest absolute Gasteiger partial charge is 0.338 e. The van der Waals surface area contributed by atoms with Crippen molar-refractivity contribution in [3.05, 3.63) is 51.9 Å². The van der Waals surface area contributed by atoms with Gasteiger partial charge in [-0.3, -0.25) is 0 Å². The number of para-hydroxylation sites is 1. The monoisotopic (exact) mass is 294 g/mol. The molecule has 88 valence electrons. The van der Waals surface area contributed by atoms with Gasteiger partial charge in [-0.2, -0.15) is 0 Å². The Morgan fingerprint density at radius 1 is 1.18 bits per heavy atom. The molecule has 2 nitrogen and oxygen atoms in total. The van der Waals surface area contributed by atoms with Crippen LogP contribution in [0.3, 0.4) is 0 Å². The van der Waals surface area contributed by atoms with Gasteiger partial charge in [0.2, 0.25) is 0 Å². The molecule has 0 amide bonds. The van der Waals surface area contributed by atoms with Gasteiger partial charge in [-0.25, -0.2) is 9.37 Å². The number of hydrogen-bond donors (Lipinski definition) is 1. The number of halogens is 2. The molecule has 0 radical (unpaired) electrons. The van der Waals surface area contributed by atoms with Gasteiger partial charge < -0.3 is 5.32 Å². The van der Waals surface area contributed by atoms with Crippen LogP contribution in [-0.4, -0.2) is 4.98 Å². The van der Waals surface area contributed by atoms with Crippen LogP contribution in [0.4, 0.5) is 15.9 Å². The lowest BCUT2D eigenvalue weighted by atomic mass is 10.2. The van der Waals surface area contributed by atoms with Crippen LogP contribution in [0.1, 0.15) is 11.3 Å². The van der Waals surface area contributed by atoms with Crippen molar-refractivity contribution < 1.29 is 4.39 Å². The molecule has 0 atom stereocenters. The van der Waals surface area contributed by atoms with E-state index < -0.39 is 0 Å². The van der Waals surface area contributed by atoms with E-state index in [9.17, 15) is 4.39 Å². The number of aryl methyl sites for hydroxylation is 2. The van der Waals surface area contributed by atoms with Gasteiger partial charge in [0.1, 0.15) is 11.6 Å². The van der Waals surface area contributed by atoms with E-state index in [-0.39, 0.29) is 5.82 Å². The fourth-order valence-corrected chi connectivity index (χ4v) is 1.75. The van der Waals surface area contributed by atoms with E-state index in [2.05, 4.69) is 26.2 Å². The van der Waals surface area contributed by atoms with Crippen LogP contribution >= 0.6 is 15.9 Å². The Morgan fingerprint density at radius 3 is 2.59 bits per heavy atom. The first-order valence-electron chi connectivity index (χ1n) is 5.23. The summed E-state index contributed by atoms with van der Waals surface area (Å²) in [5.74, 6) is 0.367. The van der Waals surface area contributed by atoms with E-state index in [1.165, 1.54) is 6.07 Å². The van der Waals surface area contributed by atoms with Crippen LogP contribution < -0.4 is 5.32 Å². The highest BCUT2D eigenvalue weighted by Gasteiger charge is 2.06. The second-order valence-corrected chi connectivity index (χ2v) is 4.67. The molecular weight excluding hydrogens is 283 g/mol. The number of benzene rings is 1. The van der Waals surface area contributed by atoms with Gasteiger partial charge in [0, 0.05) is 4.47 Å². The molecule has 0 aliphatic rings. The van der Waals surface area contributed by atoms with Crippen LogP contribution in [0.2, 0.25) is 0 Å². The second kappa shape index (κ2) is 4.84. The number of nitrogens with one attached hydrogen (secondary N) is 1. The summed E-state index contributed by atoms with van der Waals surface area (Å²) in [4.78, 5) is 4.33. The molecule has 0 saturated heterocycles. The fraction of sp³-hybridized carbons (Fsp3) is 0.154. The summed E-state index contributed by atoms with van der Waals surface area (Å²) < 4.78 is 14.6. The average molecular weight is 295 g/mol. The van der Waals surface area contributed by atoms with Crippen molar-refractivity contribution in [3.63, 3.8) is 0 Å². The van der Waals surface area contributed by atoms with Gasteiger partial charge in [-0.1, -0.05) is 12.1 Å². The van der Waals surface area contributed by atoms with Gasteiger partial charge >= 0.3 is 0 Å². The van der Waals surface area contributed by atoms with Crippen molar-refractivity contribution >= 4 is 27.4 Å². The third-order valence-electron chi connectivity index (χ3n) is 2.50. The highest BCUT2D eigenvalue weighted by atomic mass is 79.9. The maximum absolute atomic E-state index is 13.6. The lowest BCUT2D eigenvalue weighted by Gasteiger charge is -2.10. The van der Waals surface area contributed by atoms with E-state index in [0.717, 1.165) is 15.7 Å². The average Bonchev–Trinajstić information content (AvgIpc) is 2.28. The minimum absolute atomic E-state index is 0.271. The Hall–Kier alpha value is -1.42. The normalized spacial score (nSPS) is 10.4. The van der Waals surface area contributed by atoms with E-state index in [4.69, 9.17) is 0 Å². The van der Waals surface area contributed by atoms with Crippen molar-refractivity contribution in [1.82, 2.24) is 4.98 Å². The molecule has 0 aliphatic carbocycles.